The lowest BCUT2D eigenvalue weighted by Gasteiger charge is -2.16. The SMILES string of the molecule is Cc1ccc(NC(C)c2ccc(-n3ccnc3)cc2)cn1. The highest BCUT2D eigenvalue weighted by atomic mass is 15.0. The molecule has 0 amide bonds. The quantitative estimate of drug-likeness (QED) is 0.790. The number of aryl methyl sites for hydroxylation is 1. The van der Waals surface area contributed by atoms with E-state index in [1.807, 2.05) is 30.0 Å². The second-order valence-electron chi connectivity index (χ2n) is 5.12. The Hall–Kier alpha value is -2.62. The van der Waals surface area contributed by atoms with Gasteiger partial charge in [-0.15, -0.1) is 0 Å². The Bertz CT molecular complexity index is 685. The molecule has 3 rings (SSSR count). The summed E-state index contributed by atoms with van der Waals surface area (Å²) in [4.78, 5) is 8.36. The molecule has 0 saturated carbocycles. The number of rotatable bonds is 4. The number of nitrogens with zero attached hydrogens (tertiary/aromatic N) is 3. The number of pyridine rings is 1. The summed E-state index contributed by atoms with van der Waals surface area (Å²) in [6, 6.07) is 12.8. The molecular formula is C17H18N4. The van der Waals surface area contributed by atoms with Crippen LogP contribution < -0.4 is 5.32 Å². The third-order valence-corrected chi connectivity index (χ3v) is 3.49. The van der Waals surface area contributed by atoms with Crippen LogP contribution in [0.2, 0.25) is 0 Å². The third kappa shape index (κ3) is 3.11. The van der Waals surface area contributed by atoms with Gasteiger partial charge in [-0.3, -0.25) is 4.98 Å². The largest absolute Gasteiger partial charge is 0.377 e. The maximum Gasteiger partial charge on any atom is 0.0991 e. The first-order chi connectivity index (χ1) is 10.2. The molecule has 2 heterocycles. The number of aromatic nitrogens is 3. The standard InChI is InChI=1S/C17H18N4/c1-13-3-6-16(11-19-13)20-14(2)15-4-7-17(8-5-15)21-10-9-18-12-21/h3-12,14,20H,1-2H3. The molecule has 0 aliphatic carbocycles. The Kier molecular flexibility index (Phi) is 3.69. The molecule has 1 atom stereocenters. The third-order valence-electron chi connectivity index (χ3n) is 3.49. The molecule has 0 aliphatic heterocycles. The second kappa shape index (κ2) is 5.79. The Morgan fingerprint density at radius 3 is 2.52 bits per heavy atom. The first kappa shape index (κ1) is 13.4. The molecular weight excluding hydrogens is 260 g/mol. The van der Waals surface area contributed by atoms with Gasteiger partial charge in [0, 0.05) is 29.8 Å². The van der Waals surface area contributed by atoms with Gasteiger partial charge in [0.25, 0.3) is 0 Å². The van der Waals surface area contributed by atoms with Gasteiger partial charge in [-0.05, 0) is 43.7 Å². The van der Waals surface area contributed by atoms with Crippen molar-refractivity contribution in [1.82, 2.24) is 14.5 Å². The Morgan fingerprint density at radius 1 is 1.10 bits per heavy atom. The molecule has 0 bridgehead atoms. The number of hydrogen-bond acceptors (Lipinski definition) is 3. The van der Waals surface area contributed by atoms with Crippen LogP contribution in [0.1, 0.15) is 24.2 Å². The second-order valence-corrected chi connectivity index (χ2v) is 5.12. The average Bonchev–Trinajstić information content (AvgIpc) is 3.04. The summed E-state index contributed by atoms with van der Waals surface area (Å²) in [7, 11) is 0. The van der Waals surface area contributed by atoms with Gasteiger partial charge < -0.3 is 9.88 Å². The van der Waals surface area contributed by atoms with Crippen molar-refractivity contribution < 1.29 is 0 Å². The molecule has 0 saturated heterocycles. The molecule has 4 heteroatoms. The van der Waals surface area contributed by atoms with Crippen molar-refractivity contribution in [2.75, 3.05) is 5.32 Å². The van der Waals surface area contributed by atoms with Crippen molar-refractivity contribution in [1.29, 1.82) is 0 Å². The Labute approximate surface area is 124 Å². The van der Waals surface area contributed by atoms with E-state index in [1.54, 1.807) is 12.5 Å². The van der Waals surface area contributed by atoms with Gasteiger partial charge in [-0.1, -0.05) is 12.1 Å². The molecule has 0 radical (unpaired) electrons. The topological polar surface area (TPSA) is 42.7 Å². The van der Waals surface area contributed by atoms with Crippen LogP contribution >= 0.6 is 0 Å². The molecule has 1 unspecified atom stereocenters. The van der Waals surface area contributed by atoms with E-state index in [2.05, 4.69) is 52.5 Å². The molecule has 1 N–H and O–H groups in total. The fourth-order valence-corrected chi connectivity index (χ4v) is 2.23. The van der Waals surface area contributed by atoms with Gasteiger partial charge in [0.05, 0.1) is 18.2 Å². The molecule has 106 valence electrons. The summed E-state index contributed by atoms with van der Waals surface area (Å²) in [5, 5.41) is 3.46. The summed E-state index contributed by atoms with van der Waals surface area (Å²) in [6.07, 6.45) is 7.39. The molecule has 1 aromatic carbocycles. The lowest BCUT2D eigenvalue weighted by Crippen LogP contribution is -2.07. The maximum atomic E-state index is 4.30. The van der Waals surface area contributed by atoms with Crippen LogP contribution in [0.25, 0.3) is 5.69 Å². The van der Waals surface area contributed by atoms with Gasteiger partial charge in [-0.25, -0.2) is 4.98 Å². The highest BCUT2D eigenvalue weighted by Crippen LogP contribution is 2.20. The Balaban J connectivity index is 1.73. The number of benzene rings is 1. The summed E-state index contributed by atoms with van der Waals surface area (Å²) >= 11 is 0. The Morgan fingerprint density at radius 2 is 1.90 bits per heavy atom. The van der Waals surface area contributed by atoms with Crippen LogP contribution in [-0.2, 0) is 0 Å². The van der Waals surface area contributed by atoms with Gasteiger partial charge in [0.15, 0.2) is 0 Å². The van der Waals surface area contributed by atoms with Crippen LogP contribution in [0.4, 0.5) is 5.69 Å². The molecule has 2 aromatic heterocycles. The predicted molar refractivity (Wildman–Crippen MR) is 84.6 cm³/mol. The smallest absolute Gasteiger partial charge is 0.0991 e. The molecule has 21 heavy (non-hydrogen) atoms. The fourth-order valence-electron chi connectivity index (χ4n) is 2.23. The average molecular weight is 278 g/mol. The van der Waals surface area contributed by atoms with E-state index in [4.69, 9.17) is 0 Å². The van der Waals surface area contributed by atoms with Gasteiger partial charge in [0.1, 0.15) is 0 Å². The van der Waals surface area contributed by atoms with Gasteiger partial charge in [0.2, 0.25) is 0 Å². The van der Waals surface area contributed by atoms with Crippen molar-refractivity contribution in [2.24, 2.45) is 0 Å². The minimum Gasteiger partial charge on any atom is -0.377 e. The summed E-state index contributed by atoms with van der Waals surface area (Å²) in [6.45, 7) is 4.13. The van der Waals surface area contributed by atoms with Crippen LogP contribution in [0.3, 0.4) is 0 Å². The first-order valence-electron chi connectivity index (χ1n) is 7.00. The lowest BCUT2D eigenvalue weighted by molar-refractivity contribution is 0.880. The van der Waals surface area contributed by atoms with Crippen LogP contribution in [-0.4, -0.2) is 14.5 Å². The number of imidazole rings is 1. The number of nitrogens with one attached hydrogen (secondary N) is 1. The zero-order valence-corrected chi connectivity index (χ0v) is 12.2. The van der Waals surface area contributed by atoms with E-state index in [-0.39, 0.29) is 6.04 Å². The minimum atomic E-state index is 0.228. The fraction of sp³-hybridized carbons (Fsp3) is 0.176. The summed E-state index contributed by atoms with van der Waals surface area (Å²) in [5.74, 6) is 0. The van der Waals surface area contributed by atoms with E-state index in [1.165, 1.54) is 5.56 Å². The monoisotopic (exact) mass is 278 g/mol. The lowest BCUT2D eigenvalue weighted by atomic mass is 10.1. The van der Waals surface area contributed by atoms with Crippen molar-refractivity contribution in [3.63, 3.8) is 0 Å². The zero-order valence-electron chi connectivity index (χ0n) is 12.2. The predicted octanol–water partition coefficient (Wildman–Crippen LogP) is 3.75. The van der Waals surface area contributed by atoms with E-state index in [0.29, 0.717) is 0 Å². The van der Waals surface area contributed by atoms with Crippen LogP contribution in [0, 0.1) is 6.92 Å². The number of hydrogen-bond donors (Lipinski definition) is 1. The first-order valence-corrected chi connectivity index (χ1v) is 7.00. The highest BCUT2D eigenvalue weighted by Gasteiger charge is 2.06. The van der Waals surface area contributed by atoms with Crippen LogP contribution in [0.15, 0.2) is 61.3 Å². The summed E-state index contributed by atoms with van der Waals surface area (Å²) < 4.78 is 1.99. The maximum absolute atomic E-state index is 4.30. The van der Waals surface area contributed by atoms with Crippen molar-refractivity contribution in [2.45, 2.75) is 19.9 Å². The van der Waals surface area contributed by atoms with E-state index in [9.17, 15) is 0 Å². The van der Waals surface area contributed by atoms with E-state index < -0.39 is 0 Å². The normalized spacial score (nSPS) is 12.1. The molecule has 0 fully saturated rings. The molecule has 4 nitrogen and oxygen atoms in total. The minimum absolute atomic E-state index is 0.228. The van der Waals surface area contributed by atoms with Crippen molar-refractivity contribution in [3.05, 3.63) is 72.6 Å². The van der Waals surface area contributed by atoms with E-state index in [0.717, 1.165) is 17.1 Å². The highest BCUT2D eigenvalue weighted by molar-refractivity contribution is 5.44. The van der Waals surface area contributed by atoms with E-state index >= 15 is 0 Å². The van der Waals surface area contributed by atoms with Crippen molar-refractivity contribution in [3.8, 4) is 5.69 Å². The van der Waals surface area contributed by atoms with Crippen LogP contribution in [0.5, 0.6) is 0 Å². The van der Waals surface area contributed by atoms with Gasteiger partial charge >= 0.3 is 0 Å². The molecule has 0 aliphatic rings. The van der Waals surface area contributed by atoms with Gasteiger partial charge in [-0.2, -0.15) is 0 Å². The molecule has 0 spiro atoms. The summed E-state index contributed by atoms with van der Waals surface area (Å²) in [5.41, 5.74) is 4.41. The molecule has 3 aromatic rings. The zero-order chi connectivity index (χ0) is 14.7. The van der Waals surface area contributed by atoms with Crippen molar-refractivity contribution >= 4 is 5.69 Å². The number of anilines is 1.